The molecule has 0 unspecified atom stereocenters. The molecule has 0 radical (unpaired) electrons. The van der Waals surface area contributed by atoms with Gasteiger partial charge in [-0.1, -0.05) is 56.3 Å². The molecule has 0 aliphatic carbocycles. The van der Waals surface area contributed by atoms with Crippen LogP contribution in [0.4, 0.5) is 16.4 Å². The highest BCUT2D eigenvalue weighted by Crippen LogP contribution is 2.51. The Bertz CT molecular complexity index is 2090. The molecule has 0 saturated carbocycles. The van der Waals surface area contributed by atoms with Crippen LogP contribution in [0.15, 0.2) is 97.2 Å². The third-order valence-electron chi connectivity index (χ3n) is 7.80. The van der Waals surface area contributed by atoms with Crippen LogP contribution in [0.1, 0.15) is 24.6 Å². The maximum absolute atomic E-state index is 6.53. The van der Waals surface area contributed by atoms with E-state index in [9.17, 15) is 0 Å². The van der Waals surface area contributed by atoms with Crippen LogP contribution in [-0.2, 0) is 0 Å². The summed E-state index contributed by atoms with van der Waals surface area (Å²) in [4.78, 5) is 10.8. The van der Waals surface area contributed by atoms with Crippen molar-refractivity contribution in [2.45, 2.75) is 19.8 Å². The normalized spacial score (nSPS) is 13.3. The van der Waals surface area contributed by atoms with Crippen molar-refractivity contribution >= 4 is 70.9 Å². The highest BCUT2D eigenvalue weighted by atomic mass is 32.1. The third kappa shape index (κ3) is 3.91. The molecule has 0 saturated heterocycles. The van der Waals surface area contributed by atoms with Gasteiger partial charge in [-0.15, -0.1) is 22.7 Å². The SMILES string of the molecule is CC(C)c1cnc(-n2c3ccccc3c3ccc(Oc4cccc(N5CN(C)c6sc7ccccc7c65)c4)cc32)s1. The number of fused-ring (bicyclic) bond motifs is 6. The second-order valence-corrected chi connectivity index (χ2v) is 12.9. The molecule has 1 aliphatic rings. The van der Waals surface area contributed by atoms with Crippen molar-refractivity contribution in [3.05, 3.63) is 102 Å². The number of benzene rings is 4. The molecule has 3 aromatic heterocycles. The van der Waals surface area contributed by atoms with Crippen molar-refractivity contribution in [2.75, 3.05) is 23.5 Å². The van der Waals surface area contributed by atoms with Crippen LogP contribution < -0.4 is 14.5 Å². The zero-order chi connectivity index (χ0) is 27.7. The molecule has 8 rings (SSSR count). The van der Waals surface area contributed by atoms with E-state index in [1.807, 2.05) is 23.6 Å². The lowest BCUT2D eigenvalue weighted by molar-refractivity contribution is 0.483. The second kappa shape index (κ2) is 9.36. The van der Waals surface area contributed by atoms with Gasteiger partial charge in [0.1, 0.15) is 16.5 Å². The van der Waals surface area contributed by atoms with Crippen LogP contribution in [0.2, 0.25) is 0 Å². The average molecular weight is 573 g/mol. The molecular formula is C34H28N4OS2. The summed E-state index contributed by atoms with van der Waals surface area (Å²) < 4.78 is 10.1. The predicted octanol–water partition coefficient (Wildman–Crippen LogP) is 9.92. The van der Waals surface area contributed by atoms with Crippen molar-refractivity contribution < 1.29 is 4.74 Å². The van der Waals surface area contributed by atoms with Gasteiger partial charge in [0.25, 0.3) is 0 Å². The molecule has 0 bridgehead atoms. The number of para-hydroxylation sites is 1. The van der Waals surface area contributed by atoms with Gasteiger partial charge < -0.3 is 14.5 Å². The van der Waals surface area contributed by atoms with Gasteiger partial charge in [0.2, 0.25) is 0 Å². The minimum atomic E-state index is 0.444. The first-order chi connectivity index (χ1) is 20.0. The van der Waals surface area contributed by atoms with E-state index in [1.54, 1.807) is 11.3 Å². The van der Waals surface area contributed by atoms with Gasteiger partial charge in [-0.25, -0.2) is 4.98 Å². The van der Waals surface area contributed by atoms with Gasteiger partial charge in [-0.05, 0) is 42.3 Å². The fraction of sp³-hybridized carbons (Fsp3) is 0.147. The van der Waals surface area contributed by atoms with Crippen LogP contribution >= 0.6 is 22.7 Å². The standard InChI is InChI=1S/C34H28N4OS2/c1-21(2)31-19-35-34(41-31)38-28-13-6-4-11-25(28)26-16-15-24(18-29(26)38)39-23-10-8-9-22(17-23)37-20-36(3)33-32(37)27-12-5-7-14-30(27)40-33/h4-19,21H,20H2,1-3H3. The molecule has 7 heteroatoms. The van der Waals surface area contributed by atoms with Crippen molar-refractivity contribution in [3.8, 4) is 16.6 Å². The van der Waals surface area contributed by atoms with E-state index >= 15 is 0 Å². The molecule has 0 atom stereocenters. The molecule has 4 heterocycles. The quantitative estimate of drug-likeness (QED) is 0.206. The number of nitrogens with zero attached hydrogens (tertiary/aromatic N) is 4. The summed E-state index contributed by atoms with van der Waals surface area (Å²) in [6, 6.07) is 32.0. The molecular weight excluding hydrogens is 545 g/mol. The predicted molar refractivity (Wildman–Crippen MR) is 174 cm³/mol. The number of anilines is 3. The number of thiophene rings is 1. The highest BCUT2D eigenvalue weighted by molar-refractivity contribution is 7.23. The van der Waals surface area contributed by atoms with Crippen LogP contribution in [0, 0.1) is 0 Å². The highest BCUT2D eigenvalue weighted by Gasteiger charge is 2.29. The first-order valence-electron chi connectivity index (χ1n) is 13.8. The molecule has 41 heavy (non-hydrogen) atoms. The van der Waals surface area contributed by atoms with Crippen LogP contribution in [0.25, 0.3) is 37.0 Å². The summed E-state index contributed by atoms with van der Waals surface area (Å²) >= 11 is 3.60. The van der Waals surface area contributed by atoms with Gasteiger partial charge in [0, 0.05) is 56.8 Å². The van der Waals surface area contributed by atoms with E-state index in [0.29, 0.717) is 5.92 Å². The van der Waals surface area contributed by atoms with Crippen molar-refractivity contribution in [1.29, 1.82) is 0 Å². The number of hydrogen-bond donors (Lipinski definition) is 0. The first kappa shape index (κ1) is 24.5. The van der Waals surface area contributed by atoms with E-state index in [-0.39, 0.29) is 0 Å². The molecule has 4 aromatic carbocycles. The maximum Gasteiger partial charge on any atom is 0.194 e. The molecule has 7 aromatic rings. The molecule has 1 aliphatic heterocycles. The van der Waals surface area contributed by atoms with Gasteiger partial charge in [0.05, 0.1) is 23.4 Å². The zero-order valence-corrected chi connectivity index (χ0v) is 24.7. The van der Waals surface area contributed by atoms with Crippen LogP contribution in [0.5, 0.6) is 11.5 Å². The molecule has 202 valence electrons. The summed E-state index contributed by atoms with van der Waals surface area (Å²) in [5.41, 5.74) is 4.65. The smallest absolute Gasteiger partial charge is 0.194 e. The Morgan fingerprint density at radius 1 is 0.780 bits per heavy atom. The maximum atomic E-state index is 6.53. The summed E-state index contributed by atoms with van der Waals surface area (Å²) in [6.45, 7) is 5.24. The summed E-state index contributed by atoms with van der Waals surface area (Å²) in [5.74, 6) is 2.06. The average Bonchev–Trinajstić information content (AvgIpc) is 3.75. The van der Waals surface area contributed by atoms with E-state index in [1.165, 1.54) is 36.4 Å². The zero-order valence-electron chi connectivity index (χ0n) is 23.0. The topological polar surface area (TPSA) is 33.5 Å². The number of thiazole rings is 1. The lowest BCUT2D eigenvalue weighted by Gasteiger charge is -2.21. The van der Waals surface area contributed by atoms with E-state index < -0.39 is 0 Å². The monoisotopic (exact) mass is 572 g/mol. The fourth-order valence-corrected chi connectivity index (χ4v) is 7.92. The van der Waals surface area contributed by atoms with Crippen molar-refractivity contribution in [2.24, 2.45) is 0 Å². The third-order valence-corrected chi connectivity index (χ3v) is 10.4. The van der Waals surface area contributed by atoms with Gasteiger partial charge in [-0.3, -0.25) is 4.57 Å². The molecule has 0 fully saturated rings. The first-order valence-corrected chi connectivity index (χ1v) is 15.5. The van der Waals surface area contributed by atoms with Crippen LogP contribution in [0.3, 0.4) is 0 Å². The molecule has 0 N–H and O–H groups in total. The number of hydrogen-bond acceptors (Lipinski definition) is 6. The fourth-order valence-electron chi connectivity index (χ4n) is 5.81. The van der Waals surface area contributed by atoms with E-state index in [0.717, 1.165) is 40.0 Å². The second-order valence-electron chi connectivity index (χ2n) is 10.9. The lowest BCUT2D eigenvalue weighted by Crippen LogP contribution is -2.24. The van der Waals surface area contributed by atoms with Crippen molar-refractivity contribution in [3.63, 3.8) is 0 Å². The molecule has 5 nitrogen and oxygen atoms in total. The van der Waals surface area contributed by atoms with Crippen molar-refractivity contribution in [1.82, 2.24) is 9.55 Å². The Morgan fingerprint density at radius 2 is 1.56 bits per heavy atom. The van der Waals surface area contributed by atoms with Gasteiger partial charge >= 0.3 is 0 Å². The number of ether oxygens (including phenoxy) is 1. The van der Waals surface area contributed by atoms with Crippen LogP contribution in [-0.4, -0.2) is 23.3 Å². The lowest BCUT2D eigenvalue weighted by atomic mass is 10.1. The summed E-state index contributed by atoms with van der Waals surface area (Å²) in [5, 5.41) is 5.99. The molecule has 0 spiro atoms. The summed E-state index contributed by atoms with van der Waals surface area (Å²) in [6.07, 6.45) is 2.01. The summed E-state index contributed by atoms with van der Waals surface area (Å²) in [7, 11) is 2.16. The minimum Gasteiger partial charge on any atom is -0.457 e. The van der Waals surface area contributed by atoms with E-state index in [2.05, 4.69) is 120 Å². The Hall–Kier alpha value is -4.33. The Labute approximate surface area is 246 Å². The minimum absolute atomic E-state index is 0.444. The molecule has 0 amide bonds. The van der Waals surface area contributed by atoms with Gasteiger partial charge in [0.15, 0.2) is 5.13 Å². The Kier molecular flexibility index (Phi) is 5.59. The Balaban J connectivity index is 1.19. The van der Waals surface area contributed by atoms with Gasteiger partial charge in [-0.2, -0.15) is 0 Å². The number of rotatable bonds is 5. The Morgan fingerprint density at radius 3 is 2.41 bits per heavy atom. The van der Waals surface area contributed by atoms with E-state index in [4.69, 9.17) is 9.72 Å². The number of aromatic nitrogens is 2. The largest absolute Gasteiger partial charge is 0.457 e.